The molecule has 1 aromatic rings. The summed E-state index contributed by atoms with van der Waals surface area (Å²) in [5, 5.41) is 10.3. The lowest BCUT2D eigenvalue weighted by Gasteiger charge is -2.35. The Morgan fingerprint density at radius 1 is 1.30 bits per heavy atom. The Balaban J connectivity index is 2.45. The second-order valence-electron chi connectivity index (χ2n) is 8.41. The molecule has 0 atom stereocenters. The molecule has 0 bridgehead atoms. The van der Waals surface area contributed by atoms with E-state index < -0.39 is 13.1 Å². The third-order valence-electron chi connectivity index (χ3n) is 5.26. The van der Waals surface area contributed by atoms with Gasteiger partial charge in [0.15, 0.2) is 0 Å². The average Bonchev–Trinajstić information content (AvgIpc) is 2.87. The summed E-state index contributed by atoms with van der Waals surface area (Å²) >= 11 is 0. The lowest BCUT2D eigenvalue weighted by atomic mass is 10.0. The summed E-state index contributed by atoms with van der Waals surface area (Å²) in [7, 11) is -1.72. The standard InChI is InChI=1S/C16H28N4O2Si/c1-10(21)20-13(11-9-17-15(2,3)12(11)19-20)18-14(22)16(4,5)23(6,7)8/h17H,9H2,1-8H3,(H,18,22). The van der Waals surface area contributed by atoms with Gasteiger partial charge in [0.2, 0.25) is 11.8 Å². The number of anilines is 1. The summed E-state index contributed by atoms with van der Waals surface area (Å²) in [6.07, 6.45) is 0. The van der Waals surface area contributed by atoms with Crippen LogP contribution in [0, 0.1) is 0 Å². The molecule has 0 saturated heterocycles. The van der Waals surface area contributed by atoms with Gasteiger partial charge in [0, 0.05) is 24.1 Å². The highest BCUT2D eigenvalue weighted by Crippen LogP contribution is 2.40. The molecule has 0 aromatic carbocycles. The fourth-order valence-corrected chi connectivity index (χ4v) is 3.22. The minimum Gasteiger partial charge on any atom is -0.310 e. The summed E-state index contributed by atoms with van der Waals surface area (Å²) in [4.78, 5) is 24.8. The molecule has 1 aromatic heterocycles. The number of carbonyl (C=O) groups is 2. The van der Waals surface area contributed by atoms with E-state index in [1.807, 2.05) is 27.7 Å². The molecule has 0 fully saturated rings. The Morgan fingerprint density at radius 3 is 2.35 bits per heavy atom. The van der Waals surface area contributed by atoms with Gasteiger partial charge in [-0.3, -0.25) is 9.59 Å². The summed E-state index contributed by atoms with van der Waals surface area (Å²) in [6, 6.07) is 0. The molecule has 23 heavy (non-hydrogen) atoms. The number of hydrogen-bond acceptors (Lipinski definition) is 4. The van der Waals surface area contributed by atoms with E-state index in [4.69, 9.17) is 0 Å². The molecule has 1 amide bonds. The van der Waals surface area contributed by atoms with Crippen LogP contribution in [0.3, 0.4) is 0 Å². The molecule has 0 unspecified atom stereocenters. The lowest BCUT2D eigenvalue weighted by Crippen LogP contribution is -2.44. The van der Waals surface area contributed by atoms with Crippen molar-refractivity contribution in [1.29, 1.82) is 0 Å². The van der Waals surface area contributed by atoms with Crippen LogP contribution in [0.15, 0.2) is 0 Å². The van der Waals surface area contributed by atoms with Gasteiger partial charge < -0.3 is 10.6 Å². The molecule has 1 aliphatic rings. The van der Waals surface area contributed by atoms with Gasteiger partial charge in [0.25, 0.3) is 0 Å². The smallest absolute Gasteiger partial charge is 0.245 e. The first-order valence-electron chi connectivity index (χ1n) is 7.99. The SMILES string of the molecule is CC(=O)n1nc2c(c1NC(=O)C(C)(C)[Si](C)(C)C)CNC2(C)C. The van der Waals surface area contributed by atoms with Crippen molar-refractivity contribution in [2.75, 3.05) is 5.32 Å². The summed E-state index contributed by atoms with van der Waals surface area (Å²) < 4.78 is 1.32. The van der Waals surface area contributed by atoms with Crippen LogP contribution in [-0.4, -0.2) is 29.7 Å². The molecule has 7 heteroatoms. The molecule has 2 rings (SSSR count). The maximum Gasteiger partial charge on any atom is 0.245 e. The summed E-state index contributed by atoms with van der Waals surface area (Å²) in [5.74, 6) is 0.268. The highest BCUT2D eigenvalue weighted by molar-refractivity contribution is 6.82. The monoisotopic (exact) mass is 336 g/mol. The van der Waals surface area contributed by atoms with Crippen molar-refractivity contribution < 1.29 is 9.59 Å². The second kappa shape index (κ2) is 5.27. The lowest BCUT2D eigenvalue weighted by molar-refractivity contribution is -0.118. The van der Waals surface area contributed by atoms with Crippen LogP contribution < -0.4 is 10.6 Å². The zero-order valence-electron chi connectivity index (χ0n) is 15.4. The number of carbonyl (C=O) groups excluding carboxylic acids is 2. The normalized spacial score (nSPS) is 17.0. The molecular formula is C16H28N4O2Si. The van der Waals surface area contributed by atoms with E-state index in [1.165, 1.54) is 11.6 Å². The third-order valence-corrected chi connectivity index (χ3v) is 9.23. The third kappa shape index (κ3) is 2.87. The van der Waals surface area contributed by atoms with Gasteiger partial charge in [0.05, 0.1) is 19.3 Å². The van der Waals surface area contributed by atoms with E-state index >= 15 is 0 Å². The highest BCUT2D eigenvalue weighted by Gasteiger charge is 2.43. The van der Waals surface area contributed by atoms with Crippen LogP contribution in [0.25, 0.3) is 0 Å². The number of hydrogen-bond donors (Lipinski definition) is 2. The Bertz CT molecular complexity index is 668. The molecule has 0 saturated carbocycles. The molecule has 128 valence electrons. The van der Waals surface area contributed by atoms with Crippen molar-refractivity contribution in [2.24, 2.45) is 0 Å². The van der Waals surface area contributed by atoms with E-state index in [1.54, 1.807) is 0 Å². The molecule has 6 nitrogen and oxygen atoms in total. The first-order valence-corrected chi connectivity index (χ1v) is 11.5. The van der Waals surface area contributed by atoms with Crippen LogP contribution in [0.1, 0.15) is 50.7 Å². The number of rotatable bonds is 3. The van der Waals surface area contributed by atoms with E-state index in [9.17, 15) is 9.59 Å². The zero-order chi connectivity index (χ0) is 17.8. The largest absolute Gasteiger partial charge is 0.310 e. The number of aromatic nitrogens is 2. The number of fused-ring (bicyclic) bond motifs is 1. The van der Waals surface area contributed by atoms with Crippen LogP contribution in [-0.2, 0) is 16.9 Å². The average molecular weight is 337 g/mol. The van der Waals surface area contributed by atoms with Crippen molar-refractivity contribution >= 4 is 25.7 Å². The quantitative estimate of drug-likeness (QED) is 0.832. The minimum atomic E-state index is -1.72. The molecule has 1 aliphatic heterocycles. The van der Waals surface area contributed by atoms with Crippen molar-refractivity contribution in [3.8, 4) is 0 Å². The molecule has 2 N–H and O–H groups in total. The first kappa shape index (κ1) is 17.9. The highest BCUT2D eigenvalue weighted by atomic mass is 28.3. The van der Waals surface area contributed by atoms with Crippen molar-refractivity contribution in [3.63, 3.8) is 0 Å². The van der Waals surface area contributed by atoms with Crippen molar-refractivity contribution in [3.05, 3.63) is 11.3 Å². The molecule has 0 spiro atoms. The van der Waals surface area contributed by atoms with E-state index in [0.29, 0.717) is 12.4 Å². The first-order chi connectivity index (χ1) is 10.3. The zero-order valence-corrected chi connectivity index (χ0v) is 16.4. The van der Waals surface area contributed by atoms with Gasteiger partial charge in [-0.25, -0.2) is 0 Å². The van der Waals surface area contributed by atoms with Gasteiger partial charge in [-0.05, 0) is 13.8 Å². The van der Waals surface area contributed by atoms with Crippen LogP contribution >= 0.6 is 0 Å². The van der Waals surface area contributed by atoms with Crippen molar-refractivity contribution in [1.82, 2.24) is 15.1 Å². The van der Waals surface area contributed by atoms with Crippen molar-refractivity contribution in [2.45, 2.75) is 71.4 Å². The van der Waals surface area contributed by atoms with E-state index in [2.05, 4.69) is 35.4 Å². The Hall–Kier alpha value is -1.47. The molecule has 0 aliphatic carbocycles. The van der Waals surface area contributed by atoms with Gasteiger partial charge in [-0.1, -0.05) is 33.5 Å². The molecular weight excluding hydrogens is 308 g/mol. The molecule has 0 radical (unpaired) electrons. The predicted octanol–water partition coefficient (Wildman–Crippen LogP) is 2.94. The number of nitrogens with zero attached hydrogens (tertiary/aromatic N) is 2. The predicted molar refractivity (Wildman–Crippen MR) is 94.4 cm³/mol. The van der Waals surface area contributed by atoms with Crippen LogP contribution in [0.4, 0.5) is 5.82 Å². The summed E-state index contributed by atoms with van der Waals surface area (Å²) in [5.41, 5.74) is 1.43. The van der Waals surface area contributed by atoms with E-state index in [-0.39, 0.29) is 17.4 Å². The topological polar surface area (TPSA) is 76.0 Å². The Kier molecular flexibility index (Phi) is 4.10. The fraction of sp³-hybridized carbons (Fsp3) is 0.688. The maximum atomic E-state index is 12.9. The van der Waals surface area contributed by atoms with Crippen LogP contribution in [0.5, 0.6) is 0 Å². The molecule has 2 heterocycles. The Morgan fingerprint density at radius 2 is 1.87 bits per heavy atom. The van der Waals surface area contributed by atoms with Gasteiger partial charge >= 0.3 is 0 Å². The van der Waals surface area contributed by atoms with E-state index in [0.717, 1.165) is 11.3 Å². The van der Waals surface area contributed by atoms with Gasteiger partial charge in [-0.2, -0.15) is 9.78 Å². The van der Waals surface area contributed by atoms with Gasteiger partial charge in [0.1, 0.15) is 5.82 Å². The maximum absolute atomic E-state index is 12.9. The second-order valence-corrected chi connectivity index (χ2v) is 14.2. The number of amides is 1. The minimum absolute atomic E-state index is 0.0495. The van der Waals surface area contributed by atoms with Crippen LogP contribution in [0.2, 0.25) is 24.7 Å². The summed E-state index contributed by atoms with van der Waals surface area (Å²) in [6.45, 7) is 16.6. The number of nitrogens with one attached hydrogen (secondary N) is 2. The van der Waals surface area contributed by atoms with Gasteiger partial charge in [-0.15, -0.1) is 0 Å². The Labute approximate surface area is 139 Å². The fourth-order valence-electron chi connectivity index (χ4n) is 2.47.